The molecule has 1 N–H and O–H groups in total. The molecule has 0 bridgehead atoms. The first-order chi connectivity index (χ1) is 8.52. The lowest BCUT2D eigenvalue weighted by Gasteiger charge is -2.07. The van der Waals surface area contributed by atoms with Crippen LogP contribution in [0.2, 0.25) is 0 Å². The van der Waals surface area contributed by atoms with Gasteiger partial charge in [-0.3, -0.25) is 0 Å². The van der Waals surface area contributed by atoms with Crippen LogP contribution in [-0.2, 0) is 0 Å². The molecular weight excluding hydrogens is 241 g/mol. The van der Waals surface area contributed by atoms with Crippen LogP contribution in [0.1, 0.15) is 16.1 Å². The van der Waals surface area contributed by atoms with Crippen LogP contribution in [0.25, 0.3) is 11.3 Å². The van der Waals surface area contributed by atoms with E-state index in [1.807, 2.05) is 0 Å². The van der Waals surface area contributed by atoms with Crippen molar-refractivity contribution in [2.45, 2.75) is 6.92 Å². The Hall–Kier alpha value is -2.37. The third-order valence-corrected chi connectivity index (χ3v) is 2.53. The number of aromatic carboxylic acids is 1. The molecule has 0 aliphatic rings. The number of halogens is 1. The monoisotopic (exact) mass is 251 g/mol. The van der Waals surface area contributed by atoms with E-state index in [9.17, 15) is 9.18 Å². The van der Waals surface area contributed by atoms with Gasteiger partial charge in [0.2, 0.25) is 5.76 Å². The predicted octanol–water partition coefficient (Wildman–Crippen LogP) is 2.50. The minimum Gasteiger partial charge on any atom is -0.496 e. The Bertz CT molecular complexity index is 606. The summed E-state index contributed by atoms with van der Waals surface area (Å²) in [4.78, 5) is 10.7. The fourth-order valence-electron chi connectivity index (χ4n) is 1.53. The van der Waals surface area contributed by atoms with Crippen molar-refractivity contribution >= 4 is 5.97 Å². The van der Waals surface area contributed by atoms with E-state index in [0.29, 0.717) is 16.9 Å². The molecule has 0 saturated heterocycles. The van der Waals surface area contributed by atoms with E-state index < -0.39 is 11.8 Å². The van der Waals surface area contributed by atoms with Crippen molar-refractivity contribution < 1.29 is 23.6 Å². The van der Waals surface area contributed by atoms with Crippen molar-refractivity contribution in [2.24, 2.45) is 0 Å². The molecule has 0 radical (unpaired) electrons. The van der Waals surface area contributed by atoms with Crippen molar-refractivity contribution in [3.8, 4) is 17.0 Å². The van der Waals surface area contributed by atoms with Gasteiger partial charge in [0, 0.05) is 17.2 Å². The molecule has 0 fully saturated rings. The summed E-state index contributed by atoms with van der Waals surface area (Å²) in [6.45, 7) is 1.59. The first-order valence-electron chi connectivity index (χ1n) is 5.07. The third kappa shape index (κ3) is 2.04. The van der Waals surface area contributed by atoms with Crippen LogP contribution in [0.4, 0.5) is 4.39 Å². The maximum atomic E-state index is 13.6. The number of aromatic nitrogens is 1. The number of rotatable bonds is 3. The molecule has 18 heavy (non-hydrogen) atoms. The number of carbonyl (C=O) groups is 1. The van der Waals surface area contributed by atoms with Crippen LogP contribution in [-0.4, -0.2) is 23.3 Å². The molecule has 1 aromatic carbocycles. The van der Waals surface area contributed by atoms with Crippen molar-refractivity contribution in [1.29, 1.82) is 0 Å². The summed E-state index contributed by atoms with van der Waals surface area (Å²) in [5, 5.41) is 12.3. The standard InChI is InChI=1S/C12H10FNO4/c1-6-8(13)3-7(4-10(6)17-2)9-5-11(12(15)16)18-14-9/h3-5H,1-2H3,(H,15,16). The Morgan fingerprint density at radius 3 is 2.72 bits per heavy atom. The fraction of sp³-hybridized carbons (Fsp3) is 0.167. The first-order valence-corrected chi connectivity index (χ1v) is 5.07. The zero-order chi connectivity index (χ0) is 13.3. The van der Waals surface area contributed by atoms with Crippen molar-refractivity contribution in [3.63, 3.8) is 0 Å². The highest BCUT2D eigenvalue weighted by molar-refractivity contribution is 5.85. The number of ether oxygens (including phenoxy) is 1. The second kappa shape index (κ2) is 4.48. The number of carboxylic acids is 1. The Morgan fingerprint density at radius 2 is 2.17 bits per heavy atom. The number of hydrogen-bond acceptors (Lipinski definition) is 4. The van der Waals surface area contributed by atoms with Gasteiger partial charge < -0.3 is 14.4 Å². The van der Waals surface area contributed by atoms with Gasteiger partial charge in [-0.25, -0.2) is 9.18 Å². The molecular formula is C12H10FNO4. The van der Waals surface area contributed by atoms with Gasteiger partial charge in [0.05, 0.1) is 7.11 Å². The summed E-state index contributed by atoms with van der Waals surface area (Å²) in [6, 6.07) is 4.05. The van der Waals surface area contributed by atoms with Gasteiger partial charge in [-0.05, 0) is 19.1 Å². The van der Waals surface area contributed by atoms with Crippen LogP contribution < -0.4 is 4.74 Å². The van der Waals surface area contributed by atoms with Gasteiger partial charge in [-0.15, -0.1) is 0 Å². The molecule has 0 atom stereocenters. The third-order valence-electron chi connectivity index (χ3n) is 2.53. The van der Waals surface area contributed by atoms with E-state index in [-0.39, 0.29) is 11.5 Å². The van der Waals surface area contributed by atoms with Crippen LogP contribution in [0, 0.1) is 12.7 Å². The summed E-state index contributed by atoms with van der Waals surface area (Å²) < 4.78 is 23.3. The van der Waals surface area contributed by atoms with Gasteiger partial charge in [0.15, 0.2) is 0 Å². The molecule has 0 aliphatic carbocycles. The Balaban J connectivity index is 2.50. The molecule has 1 heterocycles. The zero-order valence-electron chi connectivity index (χ0n) is 9.73. The number of nitrogens with zero attached hydrogens (tertiary/aromatic N) is 1. The van der Waals surface area contributed by atoms with Crippen LogP contribution in [0.3, 0.4) is 0 Å². The zero-order valence-corrected chi connectivity index (χ0v) is 9.73. The van der Waals surface area contributed by atoms with Gasteiger partial charge in [-0.1, -0.05) is 5.16 Å². The molecule has 1 aromatic heterocycles. The number of carboxylic acid groups (broad SMARTS) is 1. The van der Waals surface area contributed by atoms with Crippen LogP contribution in [0.15, 0.2) is 22.7 Å². The van der Waals surface area contributed by atoms with E-state index in [1.54, 1.807) is 13.0 Å². The SMILES string of the molecule is COc1cc(-c2cc(C(=O)O)on2)cc(F)c1C. The predicted molar refractivity (Wildman–Crippen MR) is 60.1 cm³/mol. The topological polar surface area (TPSA) is 72.6 Å². The maximum absolute atomic E-state index is 13.6. The summed E-state index contributed by atoms with van der Waals surface area (Å²) in [5.74, 6) is -1.62. The highest BCUT2D eigenvalue weighted by Crippen LogP contribution is 2.28. The average molecular weight is 251 g/mol. The maximum Gasteiger partial charge on any atom is 0.374 e. The largest absolute Gasteiger partial charge is 0.496 e. The van der Waals surface area contributed by atoms with Crippen molar-refractivity contribution in [2.75, 3.05) is 7.11 Å². The molecule has 6 heteroatoms. The van der Waals surface area contributed by atoms with Gasteiger partial charge in [-0.2, -0.15) is 0 Å². The summed E-state index contributed by atoms with van der Waals surface area (Å²) in [5.41, 5.74) is 1.01. The molecule has 0 amide bonds. The molecule has 0 aliphatic heterocycles. The molecule has 94 valence electrons. The molecule has 0 saturated carbocycles. The number of hydrogen-bond donors (Lipinski definition) is 1. The van der Waals surface area contributed by atoms with E-state index >= 15 is 0 Å². The Labute approximate surface area is 102 Å². The molecule has 0 spiro atoms. The average Bonchev–Trinajstić information content (AvgIpc) is 2.82. The normalized spacial score (nSPS) is 10.4. The minimum absolute atomic E-state index is 0.240. The highest BCUT2D eigenvalue weighted by atomic mass is 19.1. The molecule has 5 nitrogen and oxygen atoms in total. The summed E-state index contributed by atoms with van der Waals surface area (Å²) in [7, 11) is 1.43. The van der Waals surface area contributed by atoms with E-state index in [1.165, 1.54) is 19.2 Å². The second-order valence-corrected chi connectivity index (χ2v) is 3.67. The second-order valence-electron chi connectivity index (χ2n) is 3.67. The first kappa shape index (κ1) is 12.1. The van der Waals surface area contributed by atoms with Crippen molar-refractivity contribution in [3.05, 3.63) is 35.3 Å². The Morgan fingerprint density at radius 1 is 1.44 bits per heavy atom. The lowest BCUT2D eigenvalue weighted by molar-refractivity contribution is 0.0652. The molecule has 2 rings (SSSR count). The van der Waals surface area contributed by atoms with Gasteiger partial charge >= 0.3 is 5.97 Å². The lowest BCUT2D eigenvalue weighted by Crippen LogP contribution is -1.93. The van der Waals surface area contributed by atoms with Crippen LogP contribution >= 0.6 is 0 Å². The summed E-state index contributed by atoms with van der Waals surface area (Å²) in [6.07, 6.45) is 0. The number of benzene rings is 1. The van der Waals surface area contributed by atoms with Crippen LogP contribution in [0.5, 0.6) is 5.75 Å². The minimum atomic E-state index is -1.23. The quantitative estimate of drug-likeness (QED) is 0.907. The van der Waals surface area contributed by atoms with Gasteiger partial charge in [0.25, 0.3) is 0 Å². The van der Waals surface area contributed by atoms with E-state index in [2.05, 4.69) is 9.68 Å². The fourth-order valence-corrected chi connectivity index (χ4v) is 1.53. The van der Waals surface area contributed by atoms with Gasteiger partial charge in [0.1, 0.15) is 17.3 Å². The van der Waals surface area contributed by atoms with E-state index in [0.717, 1.165) is 0 Å². The number of methoxy groups -OCH3 is 1. The summed E-state index contributed by atoms with van der Waals surface area (Å²) >= 11 is 0. The van der Waals surface area contributed by atoms with E-state index in [4.69, 9.17) is 9.84 Å². The lowest BCUT2D eigenvalue weighted by atomic mass is 10.1. The molecule has 2 aromatic rings. The smallest absolute Gasteiger partial charge is 0.374 e. The Kier molecular flexibility index (Phi) is 3.01. The highest BCUT2D eigenvalue weighted by Gasteiger charge is 2.15. The van der Waals surface area contributed by atoms with Crippen molar-refractivity contribution in [1.82, 2.24) is 5.16 Å². The molecule has 0 unspecified atom stereocenters.